The molecule has 0 atom stereocenters. The number of hydrogen-bond acceptors (Lipinski definition) is 9. The largest absolute Gasteiger partial charge is 3.00 e. The maximum atomic E-state index is 8.52. The van der Waals surface area contributed by atoms with Crippen molar-refractivity contribution in [3.05, 3.63) is 0 Å². The van der Waals surface area contributed by atoms with E-state index in [1.54, 1.807) is 0 Å². The van der Waals surface area contributed by atoms with Crippen LogP contribution in [0.4, 0.5) is 0 Å². The normalized spacial score (nSPS) is 5.14. The van der Waals surface area contributed by atoms with Crippen molar-refractivity contribution >= 4 is 27.5 Å². The molecule has 0 N–H and O–H groups in total. The fourth-order valence-electron chi connectivity index (χ4n) is 0. The fourth-order valence-corrected chi connectivity index (χ4v) is 0. The summed E-state index contributed by atoms with van der Waals surface area (Å²) in [5.74, 6) is 0. The van der Waals surface area contributed by atoms with E-state index in [1.165, 1.54) is 0 Å². The van der Waals surface area contributed by atoms with Crippen molar-refractivity contribution in [1.29, 1.82) is 0 Å². The topological polar surface area (TPSA) is 190 Å². The second kappa shape index (κ2) is 24.0. The molecule has 9 nitrogen and oxygen atoms in total. The third-order valence-electron chi connectivity index (χ3n) is 0. The van der Waals surface area contributed by atoms with E-state index >= 15 is 0 Å². The SMILES string of the molecule is O=[Si]([O-])[O-].O=[Si]([O-])[O-].O=[Si]([O-])[O-].[Nd+3].[Nd+3]. The summed E-state index contributed by atoms with van der Waals surface area (Å²) >= 11 is 0. The van der Waals surface area contributed by atoms with Crippen LogP contribution in [0.1, 0.15) is 0 Å². The molecular weight excluding hydrogens is 517 g/mol. The Kier molecular flexibility index (Phi) is 50.7. The van der Waals surface area contributed by atoms with Crippen molar-refractivity contribution in [2.45, 2.75) is 0 Å². The maximum Gasteiger partial charge on any atom is 3.00 e. The molecule has 0 aliphatic heterocycles. The van der Waals surface area contributed by atoms with Gasteiger partial charge in [-0.25, -0.2) is 0 Å². The maximum absolute atomic E-state index is 8.52. The molecule has 0 aliphatic carbocycles. The van der Waals surface area contributed by atoms with Crippen molar-refractivity contribution in [3.8, 4) is 0 Å². The zero-order valence-corrected chi connectivity index (χ0v) is 15.6. The van der Waals surface area contributed by atoms with Gasteiger partial charge >= 0.3 is 81.7 Å². The Hall–Kier alpha value is 1.55. The van der Waals surface area contributed by atoms with E-state index in [2.05, 4.69) is 0 Å². The molecule has 2 radical (unpaired) electrons. The van der Waals surface area contributed by atoms with E-state index < -0.39 is 27.5 Å². The smallest absolute Gasteiger partial charge is 0.672 e. The predicted molar refractivity (Wildman–Crippen MR) is 19.3 cm³/mol. The van der Waals surface area contributed by atoms with Crippen LogP contribution in [0.3, 0.4) is 0 Å². The quantitative estimate of drug-likeness (QED) is 0.281. The van der Waals surface area contributed by atoms with Gasteiger partial charge in [-0.15, -0.1) is 0 Å². The molecule has 0 saturated heterocycles. The summed E-state index contributed by atoms with van der Waals surface area (Å²) in [7, 11) is -10.9. The number of rotatable bonds is 0. The molecular formula is Nd2O9Si3. The molecule has 0 amide bonds. The first-order valence-electron chi connectivity index (χ1n) is 1.84. The van der Waals surface area contributed by atoms with E-state index in [1.807, 2.05) is 0 Å². The summed E-state index contributed by atoms with van der Waals surface area (Å²) in [4.78, 5) is 51.1. The van der Waals surface area contributed by atoms with Gasteiger partial charge in [-0.1, -0.05) is 0 Å². The van der Waals surface area contributed by atoms with E-state index in [4.69, 9.17) is 42.2 Å². The molecule has 74 valence electrons. The molecule has 0 aromatic carbocycles. The first-order valence-corrected chi connectivity index (χ1v) is 5.51. The van der Waals surface area contributed by atoms with Crippen LogP contribution in [0.5, 0.6) is 0 Å². The summed E-state index contributed by atoms with van der Waals surface area (Å²) in [5, 5.41) is 0. The van der Waals surface area contributed by atoms with Gasteiger partial charge < -0.3 is 42.2 Å². The standard InChI is InChI=1S/2Nd.3O3Si/c;;3*1-4(2)3/q2*+3;3*-2. The molecule has 0 heterocycles. The first-order chi connectivity index (χ1) is 5.20. The summed E-state index contributed by atoms with van der Waals surface area (Å²) in [5.41, 5.74) is 0. The van der Waals surface area contributed by atoms with Gasteiger partial charge in [-0.05, 0) is 0 Å². The molecule has 0 aromatic rings. The van der Waals surface area contributed by atoms with Gasteiger partial charge in [0.25, 0.3) is 0 Å². The van der Waals surface area contributed by atoms with Gasteiger partial charge in [0.15, 0.2) is 0 Å². The molecule has 14 heavy (non-hydrogen) atoms. The summed E-state index contributed by atoms with van der Waals surface area (Å²) < 4.78 is 25.6. The van der Waals surface area contributed by atoms with E-state index in [0.717, 1.165) is 0 Å². The summed E-state index contributed by atoms with van der Waals surface area (Å²) in [6, 6.07) is 0. The summed E-state index contributed by atoms with van der Waals surface area (Å²) in [6.45, 7) is 0. The fraction of sp³-hybridized carbons (Fsp3) is 0. The monoisotopic (exact) mass is 512 g/mol. The molecule has 0 unspecified atom stereocenters. The van der Waals surface area contributed by atoms with Crippen LogP contribution in [0.15, 0.2) is 0 Å². The average molecular weight is 517 g/mol. The van der Waals surface area contributed by atoms with Crippen molar-refractivity contribution in [3.63, 3.8) is 0 Å². The van der Waals surface area contributed by atoms with Gasteiger partial charge in [0.2, 0.25) is 0 Å². The van der Waals surface area contributed by atoms with Crippen LogP contribution in [0, 0.1) is 81.7 Å². The Morgan fingerprint density at radius 2 is 0.500 bits per heavy atom. The Morgan fingerprint density at radius 3 is 0.500 bits per heavy atom. The van der Waals surface area contributed by atoms with Crippen LogP contribution < -0.4 is 28.8 Å². The Labute approximate surface area is 149 Å². The number of hydrogen-bond donors (Lipinski definition) is 0. The molecule has 14 heteroatoms. The zero-order valence-electron chi connectivity index (χ0n) is 6.17. The van der Waals surface area contributed by atoms with E-state index in [9.17, 15) is 0 Å². The molecule has 0 aliphatic rings. The second-order valence-electron chi connectivity index (χ2n) is 0.750. The van der Waals surface area contributed by atoms with Gasteiger partial charge in [0, 0.05) is 27.5 Å². The van der Waals surface area contributed by atoms with Gasteiger partial charge in [0.05, 0.1) is 0 Å². The van der Waals surface area contributed by atoms with Crippen LogP contribution in [-0.2, 0) is 13.4 Å². The molecule has 0 aromatic heterocycles. The van der Waals surface area contributed by atoms with Gasteiger partial charge in [0.1, 0.15) is 0 Å². The predicted octanol–water partition coefficient (Wildman–Crippen LogP) is -8.63. The van der Waals surface area contributed by atoms with E-state index in [0.29, 0.717) is 0 Å². The minimum Gasteiger partial charge on any atom is -0.672 e. The van der Waals surface area contributed by atoms with Crippen molar-refractivity contribution in [1.82, 2.24) is 0 Å². The Bertz CT molecular complexity index is 116. The van der Waals surface area contributed by atoms with Crippen molar-refractivity contribution in [2.24, 2.45) is 0 Å². The summed E-state index contributed by atoms with van der Waals surface area (Å²) in [6.07, 6.45) is 0. The van der Waals surface area contributed by atoms with Crippen LogP contribution in [0.25, 0.3) is 0 Å². The van der Waals surface area contributed by atoms with Crippen LogP contribution >= 0.6 is 0 Å². The van der Waals surface area contributed by atoms with Crippen LogP contribution in [-0.4, -0.2) is 27.5 Å². The minimum absolute atomic E-state index is 0. The van der Waals surface area contributed by atoms with Gasteiger partial charge in [-0.2, -0.15) is 0 Å². The third-order valence-corrected chi connectivity index (χ3v) is 0. The first kappa shape index (κ1) is 29.6. The minimum atomic E-state index is -3.63. The van der Waals surface area contributed by atoms with Gasteiger partial charge in [-0.3, -0.25) is 0 Å². The van der Waals surface area contributed by atoms with E-state index in [-0.39, 0.29) is 81.7 Å². The molecule has 0 fully saturated rings. The third kappa shape index (κ3) is 886. The molecule has 0 saturated carbocycles. The van der Waals surface area contributed by atoms with Crippen molar-refractivity contribution in [2.75, 3.05) is 0 Å². The molecule has 0 rings (SSSR count). The second-order valence-corrected chi connectivity index (χ2v) is 2.25. The molecule has 0 spiro atoms. The Balaban J connectivity index is -0.0000000270. The average Bonchev–Trinajstić information content (AvgIpc) is 1.54. The zero-order chi connectivity index (χ0) is 10.7. The molecule has 0 bridgehead atoms. The van der Waals surface area contributed by atoms with Crippen LogP contribution in [0.2, 0.25) is 0 Å². The van der Waals surface area contributed by atoms with Crippen molar-refractivity contribution < 1.29 is 124 Å². The Morgan fingerprint density at radius 1 is 0.500 bits per heavy atom.